The molecule has 0 aliphatic carbocycles. The first kappa shape index (κ1) is 14.4. The fourth-order valence-corrected chi connectivity index (χ4v) is 1.42. The van der Waals surface area contributed by atoms with Gasteiger partial charge in [-0.1, -0.05) is 6.07 Å². The summed E-state index contributed by atoms with van der Waals surface area (Å²) < 4.78 is 6.35. The number of aromatic nitrogens is 1. The summed E-state index contributed by atoms with van der Waals surface area (Å²) in [6.45, 7) is 2.63. The average molecular weight is 254 g/mol. The van der Waals surface area contributed by atoms with Crippen LogP contribution in [-0.4, -0.2) is 41.9 Å². The first-order valence-corrected chi connectivity index (χ1v) is 5.76. The molecule has 1 aromatic heterocycles. The Hall–Kier alpha value is -1.66. The van der Waals surface area contributed by atoms with Crippen LogP contribution in [0, 0.1) is 6.92 Å². The number of amides is 1. The fraction of sp³-hybridized carbons (Fsp3) is 0.500. The lowest BCUT2D eigenvalue weighted by molar-refractivity contribution is -0.121. The van der Waals surface area contributed by atoms with Gasteiger partial charge >= 0.3 is 0 Å². The van der Waals surface area contributed by atoms with Crippen LogP contribution in [-0.2, 0) is 16.1 Å². The maximum Gasteiger partial charge on any atom is 0.253 e. The van der Waals surface area contributed by atoms with Crippen LogP contribution in [0.5, 0.6) is 0 Å². The van der Waals surface area contributed by atoms with Gasteiger partial charge in [0.05, 0.1) is 19.8 Å². The van der Waals surface area contributed by atoms with E-state index in [0.29, 0.717) is 18.7 Å². The van der Waals surface area contributed by atoms with Crippen molar-refractivity contribution in [2.45, 2.75) is 13.5 Å². The Morgan fingerprint density at radius 1 is 1.50 bits per heavy atom. The number of ether oxygens (including phenoxy) is 1. The first-order chi connectivity index (χ1) is 8.65. The normalized spacial score (nSPS) is 10.3. The van der Waals surface area contributed by atoms with Gasteiger partial charge in [0, 0.05) is 18.3 Å². The van der Waals surface area contributed by atoms with Crippen molar-refractivity contribution >= 4 is 5.91 Å². The molecular weight excluding hydrogens is 236 g/mol. The molecule has 2 N–H and O–H groups in total. The third-order valence-corrected chi connectivity index (χ3v) is 2.33. The SMILES string of the molecule is Cc1cccn(CC(=O)NCCOCCO)c1=O. The number of nitrogens with zero attached hydrogens (tertiary/aromatic N) is 1. The molecule has 0 spiro atoms. The van der Waals surface area contributed by atoms with Crippen molar-refractivity contribution in [3.05, 3.63) is 34.2 Å². The van der Waals surface area contributed by atoms with Crippen molar-refractivity contribution in [3.63, 3.8) is 0 Å². The highest BCUT2D eigenvalue weighted by molar-refractivity contribution is 5.75. The molecule has 0 aliphatic heterocycles. The van der Waals surface area contributed by atoms with E-state index in [1.807, 2.05) is 0 Å². The molecule has 1 aromatic rings. The number of hydrogen-bond donors (Lipinski definition) is 2. The molecule has 1 rings (SSSR count). The van der Waals surface area contributed by atoms with Crippen LogP contribution >= 0.6 is 0 Å². The molecule has 0 radical (unpaired) electrons. The lowest BCUT2D eigenvalue weighted by Crippen LogP contribution is -2.34. The van der Waals surface area contributed by atoms with Gasteiger partial charge in [-0.15, -0.1) is 0 Å². The fourth-order valence-electron chi connectivity index (χ4n) is 1.42. The van der Waals surface area contributed by atoms with E-state index in [2.05, 4.69) is 5.32 Å². The minimum absolute atomic E-state index is 0.000509. The van der Waals surface area contributed by atoms with Gasteiger partial charge in [-0.05, 0) is 13.0 Å². The third kappa shape index (κ3) is 4.68. The van der Waals surface area contributed by atoms with Gasteiger partial charge < -0.3 is 19.7 Å². The van der Waals surface area contributed by atoms with Crippen LogP contribution in [0.1, 0.15) is 5.56 Å². The quantitative estimate of drug-likeness (QED) is 0.629. The number of aliphatic hydroxyl groups excluding tert-OH is 1. The Morgan fingerprint density at radius 2 is 2.28 bits per heavy atom. The van der Waals surface area contributed by atoms with Crippen LogP contribution in [0.25, 0.3) is 0 Å². The zero-order valence-electron chi connectivity index (χ0n) is 10.4. The minimum atomic E-state index is -0.240. The lowest BCUT2D eigenvalue weighted by atomic mass is 10.3. The van der Waals surface area contributed by atoms with Crippen LogP contribution in [0.2, 0.25) is 0 Å². The van der Waals surface area contributed by atoms with Crippen molar-refractivity contribution in [1.29, 1.82) is 0 Å². The monoisotopic (exact) mass is 254 g/mol. The van der Waals surface area contributed by atoms with E-state index in [9.17, 15) is 9.59 Å². The van der Waals surface area contributed by atoms with Crippen molar-refractivity contribution in [1.82, 2.24) is 9.88 Å². The highest BCUT2D eigenvalue weighted by Crippen LogP contribution is 1.89. The maximum atomic E-state index is 11.6. The summed E-state index contributed by atoms with van der Waals surface area (Å²) in [5.41, 5.74) is 0.445. The van der Waals surface area contributed by atoms with E-state index in [4.69, 9.17) is 9.84 Å². The van der Waals surface area contributed by atoms with Crippen LogP contribution in [0.3, 0.4) is 0 Å². The predicted molar refractivity (Wildman–Crippen MR) is 66.4 cm³/mol. The van der Waals surface area contributed by atoms with Gasteiger partial charge in [-0.25, -0.2) is 0 Å². The Labute approximate surface area is 105 Å². The number of aryl methyl sites for hydroxylation is 1. The molecule has 0 aliphatic rings. The Balaban J connectivity index is 2.36. The van der Waals surface area contributed by atoms with Crippen molar-refractivity contribution in [2.75, 3.05) is 26.4 Å². The van der Waals surface area contributed by atoms with Gasteiger partial charge in [0.15, 0.2) is 0 Å². The predicted octanol–water partition coefficient (Wildman–Crippen LogP) is -0.718. The molecule has 6 heteroatoms. The van der Waals surface area contributed by atoms with Crippen molar-refractivity contribution in [3.8, 4) is 0 Å². The number of pyridine rings is 1. The summed E-state index contributed by atoms with van der Waals surface area (Å²) in [6.07, 6.45) is 1.58. The molecule has 0 atom stereocenters. The largest absolute Gasteiger partial charge is 0.394 e. The molecule has 100 valence electrons. The topological polar surface area (TPSA) is 80.6 Å². The van der Waals surface area contributed by atoms with E-state index in [-0.39, 0.29) is 31.2 Å². The summed E-state index contributed by atoms with van der Waals surface area (Å²) in [5, 5.41) is 11.1. The minimum Gasteiger partial charge on any atom is -0.394 e. The molecular formula is C12H18N2O4. The van der Waals surface area contributed by atoms with E-state index < -0.39 is 0 Å². The molecule has 1 amide bonds. The Morgan fingerprint density at radius 3 is 3.00 bits per heavy atom. The van der Waals surface area contributed by atoms with E-state index in [0.717, 1.165) is 0 Å². The summed E-state index contributed by atoms with van der Waals surface area (Å²) in [6, 6.07) is 3.44. The average Bonchev–Trinajstić information content (AvgIpc) is 2.35. The second-order valence-corrected chi connectivity index (χ2v) is 3.81. The lowest BCUT2D eigenvalue weighted by Gasteiger charge is -2.08. The van der Waals surface area contributed by atoms with Crippen molar-refractivity contribution in [2.24, 2.45) is 0 Å². The molecule has 6 nitrogen and oxygen atoms in total. The molecule has 0 saturated heterocycles. The highest BCUT2D eigenvalue weighted by atomic mass is 16.5. The number of aliphatic hydroxyl groups is 1. The summed E-state index contributed by atoms with van der Waals surface area (Å²) in [5.74, 6) is -0.240. The first-order valence-electron chi connectivity index (χ1n) is 5.76. The summed E-state index contributed by atoms with van der Waals surface area (Å²) in [4.78, 5) is 23.2. The molecule has 0 unspecified atom stereocenters. The standard InChI is InChI=1S/C12H18N2O4/c1-10-3-2-5-14(12(10)17)9-11(16)13-4-7-18-8-6-15/h2-3,5,15H,4,6-9H2,1H3,(H,13,16). The van der Waals surface area contributed by atoms with Crippen LogP contribution in [0.4, 0.5) is 0 Å². The summed E-state index contributed by atoms with van der Waals surface area (Å²) >= 11 is 0. The second-order valence-electron chi connectivity index (χ2n) is 3.81. The van der Waals surface area contributed by atoms with Crippen LogP contribution < -0.4 is 10.9 Å². The van der Waals surface area contributed by atoms with Gasteiger partial charge in [0.1, 0.15) is 6.54 Å². The van der Waals surface area contributed by atoms with Gasteiger partial charge in [-0.2, -0.15) is 0 Å². The molecule has 1 heterocycles. The highest BCUT2D eigenvalue weighted by Gasteiger charge is 2.04. The van der Waals surface area contributed by atoms with Gasteiger partial charge in [0.25, 0.3) is 5.56 Å². The van der Waals surface area contributed by atoms with Gasteiger partial charge in [0.2, 0.25) is 5.91 Å². The van der Waals surface area contributed by atoms with Crippen molar-refractivity contribution < 1.29 is 14.6 Å². The number of carbonyl (C=O) groups excluding carboxylic acids is 1. The van der Waals surface area contributed by atoms with E-state index in [1.165, 1.54) is 4.57 Å². The van der Waals surface area contributed by atoms with Crippen LogP contribution in [0.15, 0.2) is 23.1 Å². The van der Waals surface area contributed by atoms with E-state index >= 15 is 0 Å². The zero-order valence-corrected chi connectivity index (χ0v) is 10.4. The molecule has 0 fully saturated rings. The van der Waals surface area contributed by atoms with Gasteiger partial charge in [-0.3, -0.25) is 9.59 Å². The Kier molecular flexibility index (Phi) is 6.10. The molecule has 0 aromatic carbocycles. The van der Waals surface area contributed by atoms with E-state index in [1.54, 1.807) is 25.3 Å². The number of hydrogen-bond acceptors (Lipinski definition) is 4. The Bertz CT molecular complexity index is 442. The second kappa shape index (κ2) is 7.62. The number of rotatable bonds is 7. The molecule has 18 heavy (non-hydrogen) atoms. The smallest absolute Gasteiger partial charge is 0.253 e. The third-order valence-electron chi connectivity index (χ3n) is 2.33. The maximum absolute atomic E-state index is 11.6. The summed E-state index contributed by atoms with van der Waals surface area (Å²) in [7, 11) is 0. The number of nitrogens with one attached hydrogen (secondary N) is 1. The molecule has 0 bridgehead atoms. The zero-order chi connectivity index (χ0) is 13.4. The number of carbonyl (C=O) groups is 1. The molecule has 0 saturated carbocycles.